The summed E-state index contributed by atoms with van der Waals surface area (Å²) in [5.41, 5.74) is 0.444. The number of benzene rings is 3. The standard InChI is InChI=1S/C27H18ClF3O5/c1-15-12-19(13-16(2)23(15)28)35-25-24(33)20-10-9-18(14-21(20)36-26(25)27(29,30)31)34-22(32)11-8-17-6-4-3-5-7-17/h3-14H,1-2H3/b11-8+. The van der Waals surface area contributed by atoms with Crippen LogP contribution in [0.25, 0.3) is 17.0 Å². The molecule has 0 aliphatic heterocycles. The summed E-state index contributed by atoms with van der Waals surface area (Å²) < 4.78 is 57.1. The van der Waals surface area contributed by atoms with Gasteiger partial charge in [-0.25, -0.2) is 4.79 Å². The van der Waals surface area contributed by atoms with Crippen LogP contribution in [-0.4, -0.2) is 5.97 Å². The van der Waals surface area contributed by atoms with Crippen LogP contribution in [0.15, 0.2) is 76.0 Å². The Kier molecular flexibility index (Phi) is 6.90. The number of alkyl halides is 3. The highest BCUT2D eigenvalue weighted by Crippen LogP contribution is 2.39. The van der Waals surface area contributed by atoms with E-state index in [-0.39, 0.29) is 16.9 Å². The normalized spacial score (nSPS) is 11.7. The summed E-state index contributed by atoms with van der Waals surface area (Å²) in [6.07, 6.45) is -2.34. The Bertz CT molecular complexity index is 1520. The predicted octanol–water partition coefficient (Wildman–Crippen LogP) is 7.49. The predicted molar refractivity (Wildman–Crippen MR) is 130 cm³/mol. The largest absolute Gasteiger partial charge is 0.453 e. The maximum absolute atomic E-state index is 13.8. The van der Waals surface area contributed by atoms with E-state index in [1.807, 2.05) is 6.07 Å². The van der Waals surface area contributed by atoms with Crippen LogP contribution in [-0.2, 0) is 11.0 Å². The van der Waals surface area contributed by atoms with Gasteiger partial charge in [-0.3, -0.25) is 4.79 Å². The monoisotopic (exact) mass is 514 g/mol. The van der Waals surface area contributed by atoms with Gasteiger partial charge >= 0.3 is 12.1 Å². The van der Waals surface area contributed by atoms with Gasteiger partial charge in [0.25, 0.3) is 5.76 Å². The van der Waals surface area contributed by atoms with Crippen LogP contribution in [0, 0.1) is 13.8 Å². The molecule has 0 saturated carbocycles. The number of rotatable bonds is 5. The van der Waals surface area contributed by atoms with Gasteiger partial charge in [0.1, 0.15) is 17.1 Å². The molecule has 0 aliphatic rings. The van der Waals surface area contributed by atoms with Gasteiger partial charge in [0, 0.05) is 17.2 Å². The van der Waals surface area contributed by atoms with Crippen molar-refractivity contribution in [3.05, 3.63) is 104 Å². The highest BCUT2D eigenvalue weighted by Gasteiger charge is 2.40. The number of carbonyl (C=O) groups is 1. The minimum Gasteiger partial charge on any atom is -0.449 e. The zero-order chi connectivity index (χ0) is 26.0. The average molecular weight is 515 g/mol. The van der Waals surface area contributed by atoms with Gasteiger partial charge < -0.3 is 13.9 Å². The topological polar surface area (TPSA) is 65.7 Å². The molecule has 0 radical (unpaired) electrons. The summed E-state index contributed by atoms with van der Waals surface area (Å²) in [7, 11) is 0. The molecule has 0 saturated heterocycles. The first kappa shape index (κ1) is 25.1. The maximum atomic E-state index is 13.8. The van der Waals surface area contributed by atoms with E-state index in [0.29, 0.717) is 16.1 Å². The molecule has 5 nitrogen and oxygen atoms in total. The summed E-state index contributed by atoms with van der Waals surface area (Å²) in [6, 6.07) is 15.3. The van der Waals surface area contributed by atoms with Crippen LogP contribution >= 0.6 is 11.6 Å². The van der Waals surface area contributed by atoms with E-state index >= 15 is 0 Å². The van der Waals surface area contributed by atoms with Crippen molar-refractivity contribution < 1.29 is 31.9 Å². The Morgan fingerprint density at radius 2 is 1.64 bits per heavy atom. The van der Waals surface area contributed by atoms with E-state index in [0.717, 1.165) is 11.6 Å². The molecule has 0 spiro atoms. The highest BCUT2D eigenvalue weighted by atomic mass is 35.5. The Labute approximate surface area is 208 Å². The molecule has 0 aliphatic carbocycles. The van der Waals surface area contributed by atoms with Crippen molar-refractivity contribution in [2.24, 2.45) is 0 Å². The second kappa shape index (κ2) is 9.91. The molecule has 0 fully saturated rings. The average Bonchev–Trinajstić information content (AvgIpc) is 2.82. The number of hydrogen-bond donors (Lipinski definition) is 0. The quantitative estimate of drug-likeness (QED) is 0.157. The van der Waals surface area contributed by atoms with E-state index < -0.39 is 34.7 Å². The van der Waals surface area contributed by atoms with E-state index in [4.69, 9.17) is 25.5 Å². The molecule has 1 heterocycles. The number of halogens is 4. The number of esters is 1. The van der Waals surface area contributed by atoms with Crippen molar-refractivity contribution in [2.45, 2.75) is 20.0 Å². The van der Waals surface area contributed by atoms with Gasteiger partial charge in [-0.15, -0.1) is 0 Å². The van der Waals surface area contributed by atoms with Crippen molar-refractivity contribution in [1.29, 1.82) is 0 Å². The molecule has 184 valence electrons. The van der Waals surface area contributed by atoms with Gasteiger partial charge in [0.15, 0.2) is 0 Å². The molecule has 1 aromatic heterocycles. The molecule has 0 bridgehead atoms. The van der Waals surface area contributed by atoms with Gasteiger partial charge in [0.2, 0.25) is 11.2 Å². The van der Waals surface area contributed by atoms with E-state index in [1.165, 1.54) is 36.4 Å². The summed E-state index contributed by atoms with van der Waals surface area (Å²) in [5.74, 6) is -3.48. The second-order valence-electron chi connectivity index (χ2n) is 7.88. The van der Waals surface area contributed by atoms with Gasteiger partial charge in [-0.1, -0.05) is 41.9 Å². The maximum Gasteiger partial charge on any atom is 0.453 e. The van der Waals surface area contributed by atoms with Crippen molar-refractivity contribution in [3.63, 3.8) is 0 Å². The fourth-order valence-corrected chi connectivity index (χ4v) is 3.57. The third-order valence-electron chi connectivity index (χ3n) is 5.14. The van der Waals surface area contributed by atoms with Crippen LogP contribution < -0.4 is 14.9 Å². The summed E-state index contributed by atoms with van der Waals surface area (Å²) >= 11 is 6.11. The smallest absolute Gasteiger partial charge is 0.449 e. The van der Waals surface area contributed by atoms with E-state index in [9.17, 15) is 22.8 Å². The molecule has 0 unspecified atom stereocenters. The first-order valence-corrected chi connectivity index (χ1v) is 11.0. The lowest BCUT2D eigenvalue weighted by atomic mass is 10.1. The molecule has 3 aromatic carbocycles. The van der Waals surface area contributed by atoms with Crippen molar-refractivity contribution in [1.82, 2.24) is 0 Å². The van der Waals surface area contributed by atoms with Crippen molar-refractivity contribution >= 4 is 34.6 Å². The van der Waals surface area contributed by atoms with Crippen molar-refractivity contribution in [3.8, 4) is 17.2 Å². The fourth-order valence-electron chi connectivity index (χ4n) is 3.46. The molecule has 36 heavy (non-hydrogen) atoms. The van der Waals surface area contributed by atoms with Crippen molar-refractivity contribution in [2.75, 3.05) is 0 Å². The van der Waals surface area contributed by atoms with E-state index in [1.54, 1.807) is 38.1 Å². The SMILES string of the molecule is Cc1cc(Oc2c(C(F)(F)F)oc3cc(OC(=O)/C=C/c4ccccc4)ccc3c2=O)cc(C)c1Cl. The third kappa shape index (κ3) is 5.44. The van der Waals surface area contributed by atoms with Crippen LogP contribution in [0.3, 0.4) is 0 Å². The first-order valence-electron chi connectivity index (χ1n) is 10.6. The van der Waals surface area contributed by atoms with Crippen LogP contribution in [0.2, 0.25) is 5.02 Å². The first-order chi connectivity index (χ1) is 17.0. The number of ether oxygens (including phenoxy) is 2. The van der Waals surface area contributed by atoms with Crippen LogP contribution in [0.5, 0.6) is 17.2 Å². The summed E-state index contributed by atoms with van der Waals surface area (Å²) in [6.45, 7) is 3.32. The van der Waals surface area contributed by atoms with E-state index in [2.05, 4.69) is 0 Å². The number of fused-ring (bicyclic) bond motifs is 1. The Morgan fingerprint density at radius 3 is 2.28 bits per heavy atom. The lowest BCUT2D eigenvalue weighted by Gasteiger charge is -2.14. The fraction of sp³-hybridized carbons (Fsp3) is 0.111. The minimum atomic E-state index is -5.04. The highest BCUT2D eigenvalue weighted by molar-refractivity contribution is 6.32. The molecule has 0 atom stereocenters. The molecule has 9 heteroatoms. The molecule has 4 aromatic rings. The van der Waals surface area contributed by atoms with Gasteiger partial charge in [-0.2, -0.15) is 13.2 Å². The molecule has 0 N–H and O–H groups in total. The lowest BCUT2D eigenvalue weighted by molar-refractivity contribution is -0.154. The minimum absolute atomic E-state index is 0.00213. The van der Waals surface area contributed by atoms with Crippen LogP contribution in [0.4, 0.5) is 13.2 Å². The second-order valence-corrected chi connectivity index (χ2v) is 8.26. The number of aryl methyl sites for hydroxylation is 2. The Morgan fingerprint density at radius 1 is 0.972 bits per heavy atom. The Balaban J connectivity index is 1.70. The third-order valence-corrected chi connectivity index (χ3v) is 5.74. The summed E-state index contributed by atoms with van der Waals surface area (Å²) in [4.78, 5) is 25.1. The Hall–Kier alpha value is -4.04. The van der Waals surface area contributed by atoms with Crippen LogP contribution in [0.1, 0.15) is 22.5 Å². The van der Waals surface area contributed by atoms with Gasteiger partial charge in [0.05, 0.1) is 5.39 Å². The van der Waals surface area contributed by atoms with Gasteiger partial charge in [-0.05, 0) is 60.9 Å². The zero-order valence-corrected chi connectivity index (χ0v) is 19.7. The molecular formula is C27H18ClF3O5. The molecule has 4 rings (SSSR count). The summed E-state index contributed by atoms with van der Waals surface area (Å²) in [5, 5.41) is 0.254. The molecular weight excluding hydrogens is 497 g/mol. The number of carbonyl (C=O) groups excluding carboxylic acids is 1. The molecule has 0 amide bonds. The zero-order valence-electron chi connectivity index (χ0n) is 19.0. The number of hydrogen-bond acceptors (Lipinski definition) is 5. The lowest BCUT2D eigenvalue weighted by Crippen LogP contribution is -2.15.